The first-order valence-electron chi connectivity index (χ1n) is 6.53. The molecule has 0 aliphatic heterocycles. The van der Waals surface area contributed by atoms with Crippen LogP contribution in [0.15, 0.2) is 71.0 Å². The van der Waals surface area contributed by atoms with Crippen molar-refractivity contribution in [2.24, 2.45) is 0 Å². The number of para-hydroxylation sites is 1. The van der Waals surface area contributed by atoms with E-state index in [9.17, 15) is 4.79 Å². The van der Waals surface area contributed by atoms with Gasteiger partial charge in [0, 0.05) is 15.5 Å². The topological polar surface area (TPSA) is 29.1 Å². The van der Waals surface area contributed by atoms with Crippen molar-refractivity contribution in [3.8, 4) is 0 Å². The van der Waals surface area contributed by atoms with Gasteiger partial charge < -0.3 is 5.32 Å². The summed E-state index contributed by atoms with van der Waals surface area (Å²) in [6, 6.07) is 15.4. The monoisotopic (exact) mass is 315 g/mol. The first-order valence-corrected chi connectivity index (χ1v) is 8.74. The molecule has 2 rings (SSSR count). The van der Waals surface area contributed by atoms with E-state index in [0.29, 0.717) is 5.56 Å². The summed E-state index contributed by atoms with van der Waals surface area (Å²) in [7, 11) is 0. The zero-order chi connectivity index (χ0) is 15.1. The molecule has 0 fully saturated rings. The summed E-state index contributed by atoms with van der Waals surface area (Å²) in [6.45, 7) is 3.72. The Morgan fingerprint density at radius 3 is 2.52 bits per heavy atom. The predicted molar refractivity (Wildman–Crippen MR) is 93.5 cm³/mol. The van der Waals surface area contributed by atoms with Gasteiger partial charge in [0.25, 0.3) is 5.91 Å². The Bertz CT molecular complexity index is 640. The Morgan fingerprint density at radius 1 is 1.14 bits per heavy atom. The number of carbonyl (C=O) groups excluding carboxylic acids is 1. The third-order valence-corrected chi connectivity index (χ3v) is 4.71. The molecule has 0 saturated carbocycles. The maximum Gasteiger partial charge on any atom is 0.256 e. The Kier molecular flexibility index (Phi) is 5.96. The number of anilines is 1. The van der Waals surface area contributed by atoms with Crippen molar-refractivity contribution >= 4 is 35.1 Å². The summed E-state index contributed by atoms with van der Waals surface area (Å²) < 4.78 is 0. The molecule has 0 aliphatic rings. The third kappa shape index (κ3) is 4.16. The van der Waals surface area contributed by atoms with Crippen LogP contribution in [0.1, 0.15) is 10.4 Å². The van der Waals surface area contributed by atoms with E-state index in [1.54, 1.807) is 23.5 Å². The number of amides is 1. The zero-order valence-corrected chi connectivity index (χ0v) is 13.5. The van der Waals surface area contributed by atoms with Crippen LogP contribution in [-0.2, 0) is 0 Å². The quantitative estimate of drug-likeness (QED) is 0.605. The standard InChI is InChI=1S/C17H17NOS2/c1-3-12-21-15-10-6-4-8-13(15)17(19)18-14-9-5-7-11-16(14)20-2/h3-11H,1,12H2,2H3,(H,18,19). The van der Waals surface area contributed by atoms with E-state index in [1.165, 1.54) is 0 Å². The molecular formula is C17H17NOS2. The summed E-state index contributed by atoms with van der Waals surface area (Å²) in [5.74, 6) is 0.703. The average Bonchev–Trinajstić information content (AvgIpc) is 2.53. The lowest BCUT2D eigenvalue weighted by Crippen LogP contribution is -2.13. The van der Waals surface area contributed by atoms with Crippen molar-refractivity contribution in [2.45, 2.75) is 9.79 Å². The van der Waals surface area contributed by atoms with Gasteiger partial charge in [-0.15, -0.1) is 30.1 Å². The largest absolute Gasteiger partial charge is 0.321 e. The summed E-state index contributed by atoms with van der Waals surface area (Å²) in [6.07, 6.45) is 3.83. The molecular weight excluding hydrogens is 298 g/mol. The second kappa shape index (κ2) is 7.96. The lowest BCUT2D eigenvalue weighted by Gasteiger charge is -2.11. The van der Waals surface area contributed by atoms with Gasteiger partial charge in [-0.25, -0.2) is 0 Å². The van der Waals surface area contributed by atoms with Gasteiger partial charge in [0.05, 0.1) is 11.3 Å². The van der Waals surface area contributed by atoms with Crippen LogP contribution in [0.25, 0.3) is 0 Å². The molecule has 2 aromatic carbocycles. The molecule has 0 atom stereocenters. The van der Waals surface area contributed by atoms with Crippen LogP contribution in [0.2, 0.25) is 0 Å². The Balaban J connectivity index is 2.22. The number of hydrogen-bond acceptors (Lipinski definition) is 3. The third-order valence-electron chi connectivity index (χ3n) is 2.84. The van der Waals surface area contributed by atoms with Gasteiger partial charge in [-0.2, -0.15) is 0 Å². The fourth-order valence-electron chi connectivity index (χ4n) is 1.87. The van der Waals surface area contributed by atoms with Crippen LogP contribution in [0, 0.1) is 0 Å². The van der Waals surface area contributed by atoms with Crippen LogP contribution in [0.3, 0.4) is 0 Å². The fourth-order valence-corrected chi connectivity index (χ4v) is 3.21. The van der Waals surface area contributed by atoms with Crippen molar-refractivity contribution in [2.75, 3.05) is 17.3 Å². The number of hydrogen-bond donors (Lipinski definition) is 1. The van der Waals surface area contributed by atoms with Gasteiger partial charge in [-0.05, 0) is 30.5 Å². The highest BCUT2D eigenvalue weighted by Crippen LogP contribution is 2.27. The van der Waals surface area contributed by atoms with Crippen molar-refractivity contribution < 1.29 is 4.79 Å². The molecule has 0 bridgehead atoms. The van der Waals surface area contributed by atoms with Gasteiger partial charge in [-0.3, -0.25) is 4.79 Å². The van der Waals surface area contributed by atoms with Crippen molar-refractivity contribution in [1.29, 1.82) is 0 Å². The molecule has 0 aliphatic carbocycles. The van der Waals surface area contributed by atoms with E-state index in [2.05, 4.69) is 11.9 Å². The highest BCUT2D eigenvalue weighted by molar-refractivity contribution is 7.99. The highest BCUT2D eigenvalue weighted by Gasteiger charge is 2.12. The highest BCUT2D eigenvalue weighted by atomic mass is 32.2. The normalized spacial score (nSPS) is 10.1. The first-order chi connectivity index (χ1) is 10.3. The molecule has 2 aromatic rings. The second-order valence-corrected chi connectivity index (χ2v) is 6.16. The molecule has 4 heteroatoms. The predicted octanol–water partition coefficient (Wildman–Crippen LogP) is 4.94. The van der Waals surface area contributed by atoms with Gasteiger partial charge >= 0.3 is 0 Å². The number of thioether (sulfide) groups is 2. The number of rotatable bonds is 6. The van der Waals surface area contributed by atoms with E-state index in [1.807, 2.05) is 60.9 Å². The molecule has 0 saturated heterocycles. The minimum Gasteiger partial charge on any atom is -0.321 e. The molecule has 0 unspecified atom stereocenters. The number of carbonyl (C=O) groups is 1. The molecule has 2 nitrogen and oxygen atoms in total. The second-order valence-electron chi connectivity index (χ2n) is 4.25. The minimum absolute atomic E-state index is 0.0799. The van der Waals surface area contributed by atoms with E-state index in [0.717, 1.165) is 21.2 Å². The Morgan fingerprint density at radius 2 is 1.81 bits per heavy atom. The van der Waals surface area contributed by atoms with Gasteiger partial charge in [0.1, 0.15) is 0 Å². The number of benzene rings is 2. The van der Waals surface area contributed by atoms with Crippen LogP contribution in [0.4, 0.5) is 5.69 Å². The molecule has 0 spiro atoms. The lowest BCUT2D eigenvalue weighted by molar-refractivity contribution is 0.102. The Hall–Kier alpha value is -1.65. The Labute approximate surface area is 134 Å². The SMILES string of the molecule is C=CCSc1ccccc1C(=O)Nc1ccccc1SC. The molecule has 21 heavy (non-hydrogen) atoms. The van der Waals surface area contributed by atoms with Crippen molar-refractivity contribution in [1.82, 2.24) is 0 Å². The maximum atomic E-state index is 12.5. The van der Waals surface area contributed by atoms with Crippen LogP contribution < -0.4 is 5.32 Å². The maximum absolute atomic E-state index is 12.5. The smallest absolute Gasteiger partial charge is 0.256 e. The molecule has 0 heterocycles. The average molecular weight is 315 g/mol. The molecule has 1 amide bonds. The first kappa shape index (κ1) is 15.7. The van der Waals surface area contributed by atoms with Crippen LogP contribution in [0.5, 0.6) is 0 Å². The molecule has 0 radical (unpaired) electrons. The molecule has 1 N–H and O–H groups in total. The summed E-state index contributed by atoms with van der Waals surface area (Å²) in [5.41, 5.74) is 1.54. The van der Waals surface area contributed by atoms with Crippen molar-refractivity contribution in [3.05, 3.63) is 66.7 Å². The van der Waals surface area contributed by atoms with Crippen molar-refractivity contribution in [3.63, 3.8) is 0 Å². The molecule has 0 aromatic heterocycles. The minimum atomic E-state index is -0.0799. The molecule has 108 valence electrons. The van der Waals surface area contributed by atoms with E-state index in [-0.39, 0.29) is 5.91 Å². The van der Waals surface area contributed by atoms with Crippen LogP contribution >= 0.6 is 23.5 Å². The van der Waals surface area contributed by atoms with Gasteiger partial charge in [0.15, 0.2) is 0 Å². The summed E-state index contributed by atoms with van der Waals surface area (Å²) in [4.78, 5) is 14.5. The van der Waals surface area contributed by atoms with E-state index < -0.39 is 0 Å². The number of nitrogens with one attached hydrogen (secondary N) is 1. The van der Waals surface area contributed by atoms with Crippen LogP contribution in [-0.4, -0.2) is 17.9 Å². The van der Waals surface area contributed by atoms with E-state index in [4.69, 9.17) is 0 Å². The summed E-state index contributed by atoms with van der Waals surface area (Å²) in [5, 5.41) is 3.00. The van der Waals surface area contributed by atoms with Gasteiger partial charge in [-0.1, -0.05) is 30.3 Å². The zero-order valence-electron chi connectivity index (χ0n) is 11.8. The van der Waals surface area contributed by atoms with E-state index >= 15 is 0 Å². The fraction of sp³-hybridized carbons (Fsp3) is 0.118. The summed E-state index contributed by atoms with van der Waals surface area (Å²) >= 11 is 3.23. The lowest BCUT2D eigenvalue weighted by atomic mass is 10.2. The van der Waals surface area contributed by atoms with Gasteiger partial charge in [0.2, 0.25) is 0 Å².